The molecule has 0 aliphatic carbocycles. The summed E-state index contributed by atoms with van der Waals surface area (Å²) < 4.78 is 65.4. The van der Waals surface area contributed by atoms with Crippen LogP contribution in [-0.2, 0) is 22.8 Å². The molecular weight excluding hydrogens is 603 g/mol. The number of nitrogens with one attached hydrogen (secondary N) is 2. The second-order valence-electron chi connectivity index (χ2n) is 11.6. The number of H-pyrrole nitrogens is 2. The first-order valence-corrected chi connectivity index (χ1v) is 16.4. The molecule has 0 unspecified atom stereocenters. The number of fused-ring (bicyclic) bond motifs is 2. The van der Waals surface area contributed by atoms with Crippen molar-refractivity contribution in [3.05, 3.63) is 84.1 Å². The number of halogens is 3. The zero-order chi connectivity index (χ0) is 31.3. The molecule has 1 saturated heterocycles. The largest absolute Gasteiger partial charge is 0.336 e. The van der Waals surface area contributed by atoms with E-state index >= 15 is 0 Å². The number of nitrogens with zero attached hydrogens (tertiary/aromatic N) is 5. The fourth-order valence-corrected chi connectivity index (χ4v) is 6.41. The van der Waals surface area contributed by atoms with E-state index in [1.165, 1.54) is 12.1 Å². The minimum atomic E-state index is -3.21. The molecule has 7 rings (SSSR count). The topological polar surface area (TPSA) is 121 Å². The average Bonchev–Trinajstić information content (AvgIpc) is 3.71. The molecule has 4 aromatic heterocycles. The monoisotopic (exact) mass is 631 g/mol. The Morgan fingerprint density at radius 2 is 1.80 bits per heavy atom. The van der Waals surface area contributed by atoms with Gasteiger partial charge >= 0.3 is 0 Å². The number of sulfone groups is 1. The van der Waals surface area contributed by atoms with E-state index in [-0.39, 0.29) is 25.1 Å². The van der Waals surface area contributed by atoms with Crippen LogP contribution < -0.4 is 0 Å². The number of aromatic nitrogens is 6. The summed E-state index contributed by atoms with van der Waals surface area (Å²) in [5, 5.41) is 8.38. The first kappa shape index (κ1) is 29.1. The lowest BCUT2D eigenvalue weighted by atomic mass is 10.0. The molecule has 0 atom stereocenters. The zero-order valence-electron chi connectivity index (χ0n) is 24.2. The summed E-state index contributed by atoms with van der Waals surface area (Å²) in [6.07, 6.45) is 6.25. The van der Waals surface area contributed by atoms with Crippen molar-refractivity contribution in [3.63, 3.8) is 0 Å². The fourth-order valence-electron chi connectivity index (χ4n) is 5.80. The van der Waals surface area contributed by atoms with E-state index in [2.05, 4.69) is 25.1 Å². The molecule has 9 nitrogen and oxygen atoms in total. The Kier molecular flexibility index (Phi) is 7.16. The highest BCUT2D eigenvalue weighted by molar-refractivity contribution is 7.90. The molecule has 2 aromatic carbocycles. The highest BCUT2D eigenvalue weighted by Crippen LogP contribution is 2.34. The molecule has 45 heavy (non-hydrogen) atoms. The molecule has 0 spiro atoms. The highest BCUT2D eigenvalue weighted by Gasteiger charge is 2.37. The third kappa shape index (κ3) is 6.18. The number of likely N-dealkylation sites (tertiary alicyclic amines) is 1. The third-order valence-corrected chi connectivity index (χ3v) is 8.91. The summed E-state index contributed by atoms with van der Waals surface area (Å²) in [6, 6.07) is 14.0. The van der Waals surface area contributed by atoms with E-state index in [0.717, 1.165) is 33.8 Å². The maximum atomic E-state index is 14.6. The van der Waals surface area contributed by atoms with Crippen LogP contribution in [0.5, 0.6) is 0 Å². The van der Waals surface area contributed by atoms with Gasteiger partial charge in [-0.3, -0.25) is 20.0 Å². The van der Waals surface area contributed by atoms with Gasteiger partial charge in [0.05, 0.1) is 29.0 Å². The molecule has 13 heteroatoms. The van der Waals surface area contributed by atoms with Crippen LogP contribution in [0.3, 0.4) is 0 Å². The molecule has 230 valence electrons. The Bertz CT molecular complexity index is 2180. The molecule has 0 saturated carbocycles. The lowest BCUT2D eigenvalue weighted by Gasteiger charge is -2.15. The Morgan fingerprint density at radius 1 is 0.956 bits per heavy atom. The fraction of sp³-hybridized carbons (Fsp3) is 0.250. The van der Waals surface area contributed by atoms with Gasteiger partial charge in [0, 0.05) is 60.9 Å². The van der Waals surface area contributed by atoms with Gasteiger partial charge in [-0.2, -0.15) is 5.10 Å². The summed E-state index contributed by atoms with van der Waals surface area (Å²) in [5.41, 5.74) is 6.63. The van der Waals surface area contributed by atoms with E-state index in [1.54, 1.807) is 35.6 Å². The van der Waals surface area contributed by atoms with Gasteiger partial charge in [0.2, 0.25) is 0 Å². The van der Waals surface area contributed by atoms with Gasteiger partial charge in [-0.25, -0.2) is 26.6 Å². The van der Waals surface area contributed by atoms with Gasteiger partial charge in [-0.1, -0.05) is 6.07 Å². The molecule has 6 aromatic rings. The number of hydrogen-bond acceptors (Lipinski definition) is 7. The number of hydrogen-bond donors (Lipinski definition) is 2. The molecule has 1 aliphatic heterocycles. The quantitative estimate of drug-likeness (QED) is 0.218. The van der Waals surface area contributed by atoms with Crippen LogP contribution in [-0.4, -0.2) is 74.5 Å². The molecule has 0 bridgehead atoms. The Balaban J connectivity index is 1.22. The summed E-state index contributed by atoms with van der Waals surface area (Å²) >= 11 is 0. The Labute approximate surface area is 256 Å². The maximum Gasteiger partial charge on any atom is 0.261 e. The smallest absolute Gasteiger partial charge is 0.261 e. The van der Waals surface area contributed by atoms with Crippen molar-refractivity contribution >= 4 is 31.8 Å². The van der Waals surface area contributed by atoms with Crippen molar-refractivity contribution in [3.8, 4) is 33.9 Å². The van der Waals surface area contributed by atoms with Crippen LogP contribution in [0, 0.1) is 5.82 Å². The normalized spacial score (nSPS) is 15.4. The minimum absolute atomic E-state index is 0.0913. The minimum Gasteiger partial charge on any atom is -0.336 e. The van der Waals surface area contributed by atoms with Gasteiger partial charge in [0.15, 0.2) is 5.82 Å². The van der Waals surface area contributed by atoms with Crippen LogP contribution in [0.25, 0.3) is 55.8 Å². The lowest BCUT2D eigenvalue weighted by Crippen LogP contribution is -2.24. The maximum absolute atomic E-state index is 14.6. The molecular formula is C32H28F3N7O2S. The number of aromatic amines is 2. The Morgan fingerprint density at radius 3 is 2.60 bits per heavy atom. The second-order valence-corrected chi connectivity index (χ2v) is 13.9. The van der Waals surface area contributed by atoms with Crippen molar-refractivity contribution in [2.45, 2.75) is 25.3 Å². The zero-order valence-corrected chi connectivity index (χ0v) is 25.0. The molecule has 5 heterocycles. The van der Waals surface area contributed by atoms with Gasteiger partial charge in [0.25, 0.3) is 5.92 Å². The summed E-state index contributed by atoms with van der Waals surface area (Å²) in [5.74, 6) is -2.75. The third-order valence-electron chi connectivity index (χ3n) is 7.96. The van der Waals surface area contributed by atoms with Gasteiger partial charge < -0.3 is 4.98 Å². The van der Waals surface area contributed by atoms with Crippen molar-refractivity contribution in [1.82, 2.24) is 35.0 Å². The number of pyridine rings is 2. The van der Waals surface area contributed by atoms with Crippen LogP contribution in [0.2, 0.25) is 0 Å². The predicted molar refractivity (Wildman–Crippen MR) is 166 cm³/mol. The molecule has 0 radical (unpaired) electrons. The number of aryl methyl sites for hydroxylation is 1. The number of imidazole rings is 1. The first-order chi connectivity index (χ1) is 21.5. The van der Waals surface area contributed by atoms with Crippen LogP contribution in [0.1, 0.15) is 17.5 Å². The van der Waals surface area contributed by atoms with Gasteiger partial charge in [-0.15, -0.1) is 0 Å². The van der Waals surface area contributed by atoms with Crippen molar-refractivity contribution in [2.75, 3.05) is 25.1 Å². The molecule has 1 fully saturated rings. The summed E-state index contributed by atoms with van der Waals surface area (Å²) in [7, 11) is -3.21. The lowest BCUT2D eigenvalue weighted by molar-refractivity contribution is 0.0115. The van der Waals surface area contributed by atoms with E-state index in [0.29, 0.717) is 52.5 Å². The van der Waals surface area contributed by atoms with E-state index in [9.17, 15) is 21.6 Å². The number of alkyl halides is 2. The second kappa shape index (κ2) is 11.1. The van der Waals surface area contributed by atoms with Crippen LogP contribution in [0.4, 0.5) is 13.2 Å². The molecule has 0 amide bonds. The van der Waals surface area contributed by atoms with E-state index in [4.69, 9.17) is 4.98 Å². The number of rotatable bonds is 8. The van der Waals surface area contributed by atoms with Crippen molar-refractivity contribution in [2.24, 2.45) is 0 Å². The molecule has 2 N–H and O–H groups in total. The van der Waals surface area contributed by atoms with Gasteiger partial charge in [0.1, 0.15) is 26.9 Å². The highest BCUT2D eigenvalue weighted by atomic mass is 32.2. The summed E-state index contributed by atoms with van der Waals surface area (Å²) in [6.45, 7) is 0.495. The van der Waals surface area contributed by atoms with Crippen molar-refractivity contribution < 1.29 is 21.6 Å². The van der Waals surface area contributed by atoms with Crippen molar-refractivity contribution in [1.29, 1.82) is 0 Å². The van der Waals surface area contributed by atoms with Gasteiger partial charge in [-0.05, 0) is 65.6 Å². The Hall–Kier alpha value is -4.62. The van der Waals surface area contributed by atoms with Crippen LogP contribution >= 0.6 is 0 Å². The average molecular weight is 632 g/mol. The van der Waals surface area contributed by atoms with Crippen LogP contribution in [0.15, 0.2) is 67.1 Å². The molecule has 1 aliphatic rings. The number of benzene rings is 2. The summed E-state index contributed by atoms with van der Waals surface area (Å²) in [4.78, 5) is 18.7. The van der Waals surface area contributed by atoms with E-state index in [1.807, 2.05) is 24.3 Å². The first-order valence-electron chi connectivity index (χ1n) is 14.3. The van der Waals surface area contributed by atoms with E-state index < -0.39 is 21.6 Å². The predicted octanol–water partition coefficient (Wildman–Crippen LogP) is 5.80. The standard InChI is InChI=1S/C32H28F3N7O2S/c1-45(43,44)9-5-19-10-22(13-24(33)12-19)28-30-27(4-7-37-28)38-31(39-30)29-25-14-21(2-3-26(25)40-41-29)23-11-20(15-36-16-23)17-42-8-6-32(34,35)18-42/h2-4,7,10-16H,5-6,8-9,17-18H2,1H3,(H,38,39)(H,40,41). The SMILES string of the molecule is CS(=O)(=O)CCc1cc(F)cc(-c2nccc3[nH]c(-c4n[nH]c5ccc(-c6cncc(CN7CCC(F)(F)C7)c6)cc45)nc23)c1.